The molecule has 0 aliphatic carbocycles. The van der Waals surface area contributed by atoms with Crippen LogP contribution < -0.4 is 5.32 Å². The molecule has 0 spiro atoms. The van der Waals surface area contributed by atoms with Crippen molar-refractivity contribution in [3.05, 3.63) is 42.1 Å². The molecule has 1 fully saturated rings. The van der Waals surface area contributed by atoms with Gasteiger partial charge < -0.3 is 10.1 Å². The summed E-state index contributed by atoms with van der Waals surface area (Å²) < 4.78 is 33.1. The van der Waals surface area contributed by atoms with E-state index in [1.165, 1.54) is 28.6 Å². The first-order valence-corrected chi connectivity index (χ1v) is 10.8. The quantitative estimate of drug-likeness (QED) is 0.687. The summed E-state index contributed by atoms with van der Waals surface area (Å²) in [6.07, 6.45) is 3.27. The Bertz CT molecular complexity index is 976. The van der Waals surface area contributed by atoms with Gasteiger partial charge in [0.15, 0.2) is 6.61 Å². The van der Waals surface area contributed by atoms with E-state index in [1.807, 2.05) is 13.8 Å². The molecule has 1 saturated heterocycles. The number of esters is 1. The van der Waals surface area contributed by atoms with Crippen LogP contribution in [0.15, 0.2) is 41.4 Å². The standard InChI is InChI=1S/C19H24N4O5S/c1-14(2)23-17(9-10-20-23)21-18(24)13-28-19(25)15-5-7-16(8-6-15)29(26,27)22-11-3-4-12-22/h5-10,14H,3-4,11-13H2,1-2H3,(H,21,24). The molecular weight excluding hydrogens is 396 g/mol. The van der Waals surface area contributed by atoms with E-state index >= 15 is 0 Å². The first-order valence-electron chi connectivity index (χ1n) is 9.40. The van der Waals surface area contributed by atoms with E-state index in [-0.39, 0.29) is 16.5 Å². The fourth-order valence-electron chi connectivity index (χ4n) is 3.06. The Hall–Kier alpha value is -2.72. The van der Waals surface area contributed by atoms with Crippen LogP contribution in [0.2, 0.25) is 0 Å². The van der Waals surface area contributed by atoms with Crippen LogP contribution in [0.25, 0.3) is 0 Å². The third kappa shape index (κ3) is 4.83. The van der Waals surface area contributed by atoms with Gasteiger partial charge in [0.05, 0.1) is 16.7 Å². The van der Waals surface area contributed by atoms with Gasteiger partial charge in [0, 0.05) is 25.2 Å². The molecule has 0 bridgehead atoms. The molecule has 1 aromatic heterocycles. The lowest BCUT2D eigenvalue weighted by Gasteiger charge is -2.15. The molecule has 9 nitrogen and oxygen atoms in total. The summed E-state index contributed by atoms with van der Waals surface area (Å²) in [4.78, 5) is 24.3. The van der Waals surface area contributed by atoms with E-state index in [1.54, 1.807) is 16.9 Å². The van der Waals surface area contributed by atoms with E-state index in [2.05, 4.69) is 10.4 Å². The number of carbonyl (C=O) groups is 2. The summed E-state index contributed by atoms with van der Waals surface area (Å²) in [6.45, 7) is 4.41. The SMILES string of the molecule is CC(C)n1nccc1NC(=O)COC(=O)c1ccc(S(=O)(=O)N2CCCC2)cc1. The molecule has 1 aliphatic rings. The average molecular weight is 420 g/mol. The molecule has 156 valence electrons. The van der Waals surface area contributed by atoms with Crippen LogP contribution in [0.4, 0.5) is 5.82 Å². The predicted octanol–water partition coefficient (Wildman–Crippen LogP) is 2.04. The van der Waals surface area contributed by atoms with Crippen LogP contribution in [-0.2, 0) is 19.6 Å². The number of amides is 1. The van der Waals surface area contributed by atoms with Gasteiger partial charge >= 0.3 is 5.97 Å². The maximum absolute atomic E-state index is 12.5. The van der Waals surface area contributed by atoms with E-state index in [4.69, 9.17) is 4.74 Å². The van der Waals surface area contributed by atoms with Gasteiger partial charge in [-0.3, -0.25) is 4.79 Å². The van der Waals surface area contributed by atoms with Gasteiger partial charge in [0.1, 0.15) is 5.82 Å². The van der Waals surface area contributed by atoms with Crippen molar-refractivity contribution in [2.24, 2.45) is 0 Å². The second-order valence-electron chi connectivity index (χ2n) is 7.01. The van der Waals surface area contributed by atoms with Crippen molar-refractivity contribution >= 4 is 27.7 Å². The number of aromatic nitrogens is 2. The molecule has 1 amide bonds. The molecule has 0 unspecified atom stereocenters. The number of anilines is 1. The van der Waals surface area contributed by atoms with Gasteiger partial charge in [-0.25, -0.2) is 17.9 Å². The van der Waals surface area contributed by atoms with E-state index in [9.17, 15) is 18.0 Å². The Morgan fingerprint density at radius 3 is 2.41 bits per heavy atom. The largest absolute Gasteiger partial charge is 0.452 e. The van der Waals surface area contributed by atoms with Gasteiger partial charge in [0.2, 0.25) is 10.0 Å². The fraction of sp³-hybridized carbons (Fsp3) is 0.421. The highest BCUT2D eigenvalue weighted by molar-refractivity contribution is 7.89. The summed E-state index contributed by atoms with van der Waals surface area (Å²) >= 11 is 0. The maximum Gasteiger partial charge on any atom is 0.338 e. The highest BCUT2D eigenvalue weighted by Crippen LogP contribution is 2.21. The van der Waals surface area contributed by atoms with E-state index < -0.39 is 28.5 Å². The summed E-state index contributed by atoms with van der Waals surface area (Å²) in [5.41, 5.74) is 0.172. The Kier molecular flexibility index (Phi) is 6.33. The molecule has 2 aromatic rings. The van der Waals surface area contributed by atoms with E-state index in [0.717, 1.165) is 12.8 Å². The number of sulfonamides is 1. The monoisotopic (exact) mass is 420 g/mol. The number of rotatable bonds is 7. The Morgan fingerprint density at radius 2 is 1.79 bits per heavy atom. The minimum Gasteiger partial charge on any atom is -0.452 e. The molecule has 1 aromatic carbocycles. The van der Waals surface area contributed by atoms with Crippen LogP contribution in [0, 0.1) is 0 Å². The predicted molar refractivity (Wildman–Crippen MR) is 106 cm³/mol. The summed E-state index contributed by atoms with van der Waals surface area (Å²) in [5, 5.41) is 6.75. The molecule has 10 heteroatoms. The van der Waals surface area contributed by atoms with Gasteiger partial charge in [0.25, 0.3) is 5.91 Å². The van der Waals surface area contributed by atoms with Crippen LogP contribution >= 0.6 is 0 Å². The lowest BCUT2D eigenvalue weighted by atomic mass is 10.2. The normalized spacial score (nSPS) is 14.9. The zero-order chi connectivity index (χ0) is 21.0. The first kappa shape index (κ1) is 21.0. The molecule has 0 atom stereocenters. The third-order valence-electron chi connectivity index (χ3n) is 4.55. The summed E-state index contributed by atoms with van der Waals surface area (Å²) in [7, 11) is -3.54. The number of nitrogens with zero attached hydrogens (tertiary/aromatic N) is 3. The lowest BCUT2D eigenvalue weighted by Crippen LogP contribution is -2.27. The zero-order valence-corrected chi connectivity index (χ0v) is 17.2. The average Bonchev–Trinajstić information content (AvgIpc) is 3.38. The van der Waals surface area contributed by atoms with Crippen LogP contribution in [0.1, 0.15) is 43.1 Å². The lowest BCUT2D eigenvalue weighted by molar-refractivity contribution is -0.119. The smallest absolute Gasteiger partial charge is 0.338 e. The second-order valence-corrected chi connectivity index (χ2v) is 8.95. The number of ether oxygens (including phenoxy) is 1. The van der Waals surface area contributed by atoms with Crippen LogP contribution in [0.5, 0.6) is 0 Å². The minimum absolute atomic E-state index is 0.0678. The van der Waals surface area contributed by atoms with Crippen molar-refractivity contribution in [1.29, 1.82) is 0 Å². The minimum atomic E-state index is -3.54. The number of hydrogen-bond donors (Lipinski definition) is 1. The topological polar surface area (TPSA) is 111 Å². The second kappa shape index (κ2) is 8.75. The van der Waals surface area contributed by atoms with Crippen molar-refractivity contribution in [3.63, 3.8) is 0 Å². The van der Waals surface area contributed by atoms with E-state index in [0.29, 0.717) is 18.9 Å². The van der Waals surface area contributed by atoms with Crippen LogP contribution in [-0.4, -0.2) is 54.1 Å². The third-order valence-corrected chi connectivity index (χ3v) is 6.47. The van der Waals surface area contributed by atoms with Gasteiger partial charge in [-0.15, -0.1) is 0 Å². The van der Waals surface area contributed by atoms with Crippen molar-refractivity contribution < 1.29 is 22.7 Å². The number of benzene rings is 1. The highest BCUT2D eigenvalue weighted by atomic mass is 32.2. The molecule has 0 radical (unpaired) electrons. The molecule has 2 heterocycles. The Labute approximate surface area is 169 Å². The first-order chi connectivity index (χ1) is 13.8. The zero-order valence-electron chi connectivity index (χ0n) is 16.4. The van der Waals surface area contributed by atoms with Crippen molar-refractivity contribution in [2.75, 3.05) is 25.0 Å². The Morgan fingerprint density at radius 1 is 1.14 bits per heavy atom. The summed E-state index contributed by atoms with van der Waals surface area (Å²) in [6, 6.07) is 7.25. The maximum atomic E-state index is 12.5. The molecule has 1 N–H and O–H groups in total. The van der Waals surface area contributed by atoms with Crippen molar-refractivity contribution in [1.82, 2.24) is 14.1 Å². The van der Waals surface area contributed by atoms with Crippen molar-refractivity contribution in [3.8, 4) is 0 Å². The summed E-state index contributed by atoms with van der Waals surface area (Å²) in [5.74, 6) is -0.686. The number of hydrogen-bond acceptors (Lipinski definition) is 6. The van der Waals surface area contributed by atoms with Gasteiger partial charge in [-0.2, -0.15) is 9.40 Å². The van der Waals surface area contributed by atoms with Gasteiger partial charge in [-0.1, -0.05) is 0 Å². The number of nitrogens with one attached hydrogen (secondary N) is 1. The molecule has 29 heavy (non-hydrogen) atoms. The van der Waals surface area contributed by atoms with Crippen molar-refractivity contribution in [2.45, 2.75) is 37.6 Å². The molecule has 1 aliphatic heterocycles. The fourth-order valence-corrected chi connectivity index (χ4v) is 4.58. The molecular formula is C19H24N4O5S. The Balaban J connectivity index is 1.57. The molecule has 3 rings (SSSR count). The highest BCUT2D eigenvalue weighted by Gasteiger charge is 2.27. The van der Waals surface area contributed by atoms with Crippen LogP contribution in [0.3, 0.4) is 0 Å². The number of carbonyl (C=O) groups excluding carboxylic acids is 2. The van der Waals surface area contributed by atoms with Gasteiger partial charge in [-0.05, 0) is 51.0 Å². The molecule has 0 saturated carbocycles.